The number of benzene rings is 1. The summed E-state index contributed by atoms with van der Waals surface area (Å²) in [4.78, 5) is 12.9. The van der Waals surface area contributed by atoms with Crippen LogP contribution in [0.3, 0.4) is 0 Å². The van der Waals surface area contributed by atoms with Crippen molar-refractivity contribution in [3.63, 3.8) is 0 Å². The molecule has 0 saturated carbocycles. The second-order valence-electron chi connectivity index (χ2n) is 5.54. The molecule has 1 aliphatic heterocycles. The van der Waals surface area contributed by atoms with Gasteiger partial charge >= 0.3 is 0 Å². The highest BCUT2D eigenvalue weighted by Gasteiger charge is 2.18. The maximum atomic E-state index is 11.8. The number of hydrogen-bond donors (Lipinski definition) is 2. The van der Waals surface area contributed by atoms with Gasteiger partial charge in [0, 0.05) is 29.2 Å². The number of ether oxygens (including phenoxy) is 2. The molecule has 21 heavy (non-hydrogen) atoms. The second kappa shape index (κ2) is 7.04. The van der Waals surface area contributed by atoms with Gasteiger partial charge in [0.1, 0.15) is 13.2 Å². The molecule has 1 aliphatic rings. The van der Waals surface area contributed by atoms with Gasteiger partial charge in [0.2, 0.25) is 5.91 Å². The first kappa shape index (κ1) is 16.0. The zero-order valence-corrected chi connectivity index (χ0v) is 13.3. The third-order valence-corrected chi connectivity index (χ3v) is 4.10. The molecule has 0 fully saturated rings. The number of hydrogen-bond acceptors (Lipinski definition) is 5. The van der Waals surface area contributed by atoms with E-state index in [-0.39, 0.29) is 11.4 Å². The molecule has 1 amide bonds. The van der Waals surface area contributed by atoms with Crippen molar-refractivity contribution in [2.45, 2.75) is 30.7 Å². The van der Waals surface area contributed by atoms with E-state index >= 15 is 0 Å². The predicted octanol–water partition coefficient (Wildman–Crippen LogP) is 1.79. The van der Waals surface area contributed by atoms with Gasteiger partial charge in [-0.15, -0.1) is 11.8 Å². The Morgan fingerprint density at radius 2 is 2.05 bits per heavy atom. The Morgan fingerprint density at radius 1 is 1.33 bits per heavy atom. The van der Waals surface area contributed by atoms with Crippen LogP contribution in [-0.4, -0.2) is 37.0 Å². The number of thioether (sulfide) groups is 1. The standard InChI is InChI=1S/C15H22N2O3S/c1-15(2,10-16)17-14(18)5-8-21-11-3-4-12-13(9-11)20-7-6-19-12/h3-4,9H,5-8,10,16H2,1-2H3,(H,17,18). The van der Waals surface area contributed by atoms with Crippen molar-refractivity contribution in [2.75, 3.05) is 25.5 Å². The van der Waals surface area contributed by atoms with Crippen LogP contribution in [-0.2, 0) is 4.79 Å². The first-order chi connectivity index (χ1) is 10.00. The monoisotopic (exact) mass is 310 g/mol. The summed E-state index contributed by atoms with van der Waals surface area (Å²) in [6.07, 6.45) is 0.461. The fourth-order valence-electron chi connectivity index (χ4n) is 1.87. The molecule has 1 aromatic carbocycles. The fourth-order valence-corrected chi connectivity index (χ4v) is 2.74. The van der Waals surface area contributed by atoms with E-state index in [9.17, 15) is 4.79 Å². The van der Waals surface area contributed by atoms with E-state index in [1.807, 2.05) is 32.0 Å². The zero-order chi connectivity index (χ0) is 15.3. The van der Waals surface area contributed by atoms with Crippen molar-refractivity contribution >= 4 is 17.7 Å². The topological polar surface area (TPSA) is 73.6 Å². The lowest BCUT2D eigenvalue weighted by molar-refractivity contribution is -0.122. The highest BCUT2D eigenvalue weighted by molar-refractivity contribution is 7.99. The van der Waals surface area contributed by atoms with Gasteiger partial charge in [-0.2, -0.15) is 0 Å². The molecule has 5 nitrogen and oxygen atoms in total. The minimum absolute atomic E-state index is 0.0236. The van der Waals surface area contributed by atoms with Crippen molar-refractivity contribution in [1.29, 1.82) is 0 Å². The zero-order valence-electron chi connectivity index (χ0n) is 12.5. The number of fused-ring (bicyclic) bond motifs is 1. The van der Waals surface area contributed by atoms with Crippen LogP contribution < -0.4 is 20.5 Å². The van der Waals surface area contributed by atoms with Crippen molar-refractivity contribution in [1.82, 2.24) is 5.32 Å². The summed E-state index contributed by atoms with van der Waals surface area (Å²) in [6, 6.07) is 5.86. The van der Waals surface area contributed by atoms with Crippen LogP contribution in [0.5, 0.6) is 11.5 Å². The largest absolute Gasteiger partial charge is 0.486 e. The van der Waals surface area contributed by atoms with Crippen LogP contribution in [0.25, 0.3) is 0 Å². The van der Waals surface area contributed by atoms with E-state index in [0.717, 1.165) is 16.4 Å². The Bertz CT molecular complexity index is 506. The van der Waals surface area contributed by atoms with Crippen LogP contribution >= 0.6 is 11.8 Å². The van der Waals surface area contributed by atoms with Gasteiger partial charge in [-0.1, -0.05) is 0 Å². The lowest BCUT2D eigenvalue weighted by Crippen LogP contribution is -2.48. The highest BCUT2D eigenvalue weighted by Crippen LogP contribution is 2.34. The van der Waals surface area contributed by atoms with Gasteiger partial charge in [0.25, 0.3) is 0 Å². The maximum absolute atomic E-state index is 11.8. The predicted molar refractivity (Wildman–Crippen MR) is 84.0 cm³/mol. The smallest absolute Gasteiger partial charge is 0.221 e. The molecule has 0 bridgehead atoms. The Labute approximate surface area is 129 Å². The molecule has 0 atom stereocenters. The molecule has 0 unspecified atom stereocenters. The van der Waals surface area contributed by atoms with E-state index in [1.165, 1.54) is 0 Å². The van der Waals surface area contributed by atoms with E-state index in [2.05, 4.69) is 5.32 Å². The van der Waals surface area contributed by atoms with Crippen LogP contribution in [0.1, 0.15) is 20.3 Å². The summed E-state index contributed by atoms with van der Waals surface area (Å²) in [5.41, 5.74) is 5.24. The molecule has 116 valence electrons. The van der Waals surface area contributed by atoms with Crippen LogP contribution in [0.2, 0.25) is 0 Å². The Hall–Kier alpha value is -1.40. The Balaban J connectivity index is 1.80. The van der Waals surface area contributed by atoms with E-state index in [1.54, 1.807) is 11.8 Å². The summed E-state index contributed by atoms with van der Waals surface area (Å²) in [7, 11) is 0. The van der Waals surface area contributed by atoms with Crippen LogP contribution in [0.4, 0.5) is 0 Å². The summed E-state index contributed by atoms with van der Waals surface area (Å²) in [6.45, 7) is 5.43. The molecular formula is C15H22N2O3S. The van der Waals surface area contributed by atoms with Crippen molar-refractivity contribution in [3.8, 4) is 11.5 Å². The fraction of sp³-hybridized carbons (Fsp3) is 0.533. The molecule has 0 aromatic heterocycles. The molecular weight excluding hydrogens is 288 g/mol. The van der Waals surface area contributed by atoms with Crippen molar-refractivity contribution < 1.29 is 14.3 Å². The van der Waals surface area contributed by atoms with Crippen LogP contribution in [0, 0.1) is 0 Å². The maximum Gasteiger partial charge on any atom is 0.221 e. The molecule has 1 heterocycles. The lowest BCUT2D eigenvalue weighted by Gasteiger charge is -2.24. The summed E-state index contributed by atoms with van der Waals surface area (Å²) in [5, 5.41) is 2.92. The van der Waals surface area contributed by atoms with Gasteiger partial charge in [-0.05, 0) is 32.0 Å². The van der Waals surface area contributed by atoms with Crippen LogP contribution in [0.15, 0.2) is 23.1 Å². The average Bonchev–Trinajstić information content (AvgIpc) is 2.46. The average molecular weight is 310 g/mol. The molecule has 1 aromatic rings. The number of carbonyl (C=O) groups is 1. The van der Waals surface area contributed by atoms with Gasteiger partial charge in [0.05, 0.1) is 0 Å². The number of nitrogens with two attached hydrogens (primary N) is 1. The van der Waals surface area contributed by atoms with E-state index in [0.29, 0.717) is 31.9 Å². The quantitative estimate of drug-likeness (QED) is 0.784. The molecule has 0 radical (unpaired) electrons. The molecule has 6 heteroatoms. The Morgan fingerprint density at radius 3 is 2.76 bits per heavy atom. The van der Waals surface area contributed by atoms with Gasteiger partial charge in [0.15, 0.2) is 11.5 Å². The highest BCUT2D eigenvalue weighted by atomic mass is 32.2. The third kappa shape index (κ3) is 4.82. The van der Waals surface area contributed by atoms with Crippen molar-refractivity contribution in [2.24, 2.45) is 5.73 Å². The number of rotatable bonds is 6. The molecule has 3 N–H and O–H groups in total. The molecule has 0 aliphatic carbocycles. The van der Waals surface area contributed by atoms with Gasteiger partial charge in [-0.3, -0.25) is 4.79 Å². The third-order valence-electron chi connectivity index (χ3n) is 3.10. The van der Waals surface area contributed by atoms with Gasteiger partial charge in [-0.25, -0.2) is 0 Å². The number of nitrogens with one attached hydrogen (secondary N) is 1. The normalized spacial score (nSPS) is 13.9. The lowest BCUT2D eigenvalue weighted by atomic mass is 10.1. The molecule has 0 spiro atoms. The summed E-state index contributed by atoms with van der Waals surface area (Å²) < 4.78 is 11.0. The number of amides is 1. The Kier molecular flexibility index (Phi) is 5.36. The van der Waals surface area contributed by atoms with Crippen molar-refractivity contribution in [3.05, 3.63) is 18.2 Å². The first-order valence-electron chi connectivity index (χ1n) is 7.04. The van der Waals surface area contributed by atoms with E-state index < -0.39 is 0 Å². The molecule has 0 saturated heterocycles. The second-order valence-corrected chi connectivity index (χ2v) is 6.71. The molecule has 2 rings (SSSR count). The van der Waals surface area contributed by atoms with E-state index in [4.69, 9.17) is 15.2 Å². The van der Waals surface area contributed by atoms with Gasteiger partial charge < -0.3 is 20.5 Å². The number of carbonyl (C=O) groups excluding carboxylic acids is 1. The summed E-state index contributed by atoms with van der Waals surface area (Å²) in [5.74, 6) is 2.30. The summed E-state index contributed by atoms with van der Waals surface area (Å²) >= 11 is 1.63. The minimum Gasteiger partial charge on any atom is -0.486 e. The first-order valence-corrected chi connectivity index (χ1v) is 8.02. The SMILES string of the molecule is CC(C)(CN)NC(=O)CCSc1ccc2c(c1)OCCO2. The minimum atomic E-state index is -0.348.